The van der Waals surface area contributed by atoms with Crippen LogP contribution in [0.5, 0.6) is 5.75 Å². The molecule has 1 saturated carbocycles. The van der Waals surface area contributed by atoms with Crippen LogP contribution in [0.25, 0.3) is 10.9 Å². The first-order chi connectivity index (χ1) is 17.8. The average Bonchev–Trinajstić information content (AvgIpc) is 3.62. The van der Waals surface area contributed by atoms with Crippen LogP contribution in [0.3, 0.4) is 0 Å². The van der Waals surface area contributed by atoms with Crippen molar-refractivity contribution in [3.05, 3.63) is 59.0 Å². The third-order valence-corrected chi connectivity index (χ3v) is 6.23. The molecule has 12 heteroatoms. The van der Waals surface area contributed by atoms with Crippen molar-refractivity contribution in [2.45, 2.75) is 31.8 Å². The van der Waals surface area contributed by atoms with E-state index in [4.69, 9.17) is 27.3 Å². The highest BCUT2D eigenvalue weighted by Gasteiger charge is 2.30. The molecule has 5 N–H and O–H groups in total. The fourth-order valence-corrected chi connectivity index (χ4v) is 4.12. The molecule has 0 radical (unpaired) electrons. The Hall–Kier alpha value is -4.30. The van der Waals surface area contributed by atoms with Crippen LogP contribution in [0.15, 0.2) is 42.6 Å². The number of fused-ring (bicyclic) bond motifs is 1. The molecule has 1 heterocycles. The van der Waals surface area contributed by atoms with Crippen LogP contribution in [0.4, 0.5) is 19.7 Å². The molecule has 192 valence electrons. The van der Waals surface area contributed by atoms with E-state index in [1.54, 1.807) is 24.3 Å². The van der Waals surface area contributed by atoms with Crippen LogP contribution in [0.2, 0.25) is 5.02 Å². The van der Waals surface area contributed by atoms with Gasteiger partial charge in [0.15, 0.2) is 6.61 Å². The van der Waals surface area contributed by atoms with E-state index >= 15 is 0 Å². The minimum atomic E-state index is -0.867. The normalized spacial score (nSPS) is 13.4. The molecular weight excluding hydrogens is 503 g/mol. The molecule has 0 aliphatic heterocycles. The SMILES string of the molecule is N#CCOc1ccc2c(c1)c(NC(=O)N[C@@H](CC1CC1)C(=O)NCc1cccc(Cl)c1F)cn2C(N)=O. The monoisotopic (exact) mass is 526 g/mol. The highest BCUT2D eigenvalue weighted by molar-refractivity contribution is 6.30. The molecule has 0 unspecified atom stereocenters. The predicted molar refractivity (Wildman–Crippen MR) is 135 cm³/mol. The number of nitrogens with zero attached hydrogens (tertiary/aromatic N) is 2. The smallest absolute Gasteiger partial charge is 0.323 e. The summed E-state index contributed by atoms with van der Waals surface area (Å²) < 4.78 is 20.7. The first kappa shape index (κ1) is 25.8. The van der Waals surface area contributed by atoms with Gasteiger partial charge in [-0.05, 0) is 36.6 Å². The topological polar surface area (TPSA) is 151 Å². The number of rotatable bonds is 9. The maximum Gasteiger partial charge on any atom is 0.323 e. The number of primary amides is 1. The Bertz CT molecular complexity index is 1400. The highest BCUT2D eigenvalue weighted by atomic mass is 35.5. The molecule has 37 heavy (non-hydrogen) atoms. The molecule has 1 atom stereocenters. The summed E-state index contributed by atoms with van der Waals surface area (Å²) in [6.07, 6.45) is 3.69. The quantitative estimate of drug-likeness (QED) is 0.333. The zero-order valence-corrected chi connectivity index (χ0v) is 20.3. The van der Waals surface area contributed by atoms with Crippen molar-refractivity contribution < 1.29 is 23.5 Å². The van der Waals surface area contributed by atoms with Gasteiger partial charge in [0.05, 0.1) is 16.2 Å². The van der Waals surface area contributed by atoms with E-state index in [1.165, 1.54) is 18.3 Å². The van der Waals surface area contributed by atoms with Gasteiger partial charge in [-0.25, -0.2) is 14.0 Å². The summed E-state index contributed by atoms with van der Waals surface area (Å²) in [5.41, 5.74) is 6.35. The number of nitrogens with two attached hydrogens (primary N) is 1. The van der Waals surface area contributed by atoms with E-state index in [0.717, 1.165) is 17.4 Å². The highest BCUT2D eigenvalue weighted by Crippen LogP contribution is 2.34. The first-order valence-corrected chi connectivity index (χ1v) is 11.9. The minimum absolute atomic E-state index is 0.0462. The van der Waals surface area contributed by atoms with Gasteiger partial charge in [-0.3, -0.25) is 9.36 Å². The van der Waals surface area contributed by atoms with Gasteiger partial charge in [0.25, 0.3) is 0 Å². The summed E-state index contributed by atoms with van der Waals surface area (Å²) in [7, 11) is 0. The summed E-state index contributed by atoms with van der Waals surface area (Å²) in [4.78, 5) is 37.7. The van der Waals surface area contributed by atoms with Crippen molar-refractivity contribution in [3.63, 3.8) is 0 Å². The summed E-state index contributed by atoms with van der Waals surface area (Å²) >= 11 is 5.81. The Morgan fingerprint density at radius 2 is 2.05 bits per heavy atom. The molecule has 1 aromatic heterocycles. The van der Waals surface area contributed by atoms with Crippen LogP contribution in [-0.4, -0.2) is 35.2 Å². The molecule has 0 spiro atoms. The molecule has 4 amide bonds. The summed E-state index contributed by atoms with van der Waals surface area (Å²) in [6.45, 7) is -0.268. The Kier molecular flexibility index (Phi) is 7.79. The van der Waals surface area contributed by atoms with Gasteiger partial charge in [0.2, 0.25) is 5.91 Å². The molecule has 0 bridgehead atoms. The molecule has 0 saturated heterocycles. The molecule has 1 fully saturated rings. The van der Waals surface area contributed by atoms with Gasteiger partial charge in [0, 0.05) is 23.7 Å². The Morgan fingerprint density at radius 1 is 1.27 bits per heavy atom. The number of aromatic nitrogens is 1. The molecule has 3 aromatic rings. The Balaban J connectivity index is 1.48. The van der Waals surface area contributed by atoms with Crippen LogP contribution in [-0.2, 0) is 11.3 Å². The number of nitrogens with one attached hydrogen (secondary N) is 3. The van der Waals surface area contributed by atoms with E-state index in [9.17, 15) is 18.8 Å². The van der Waals surface area contributed by atoms with Crippen molar-refractivity contribution in [2.24, 2.45) is 11.7 Å². The second kappa shape index (κ2) is 11.2. The third-order valence-electron chi connectivity index (χ3n) is 5.94. The Labute approximate surface area is 216 Å². The van der Waals surface area contributed by atoms with Gasteiger partial charge in [-0.1, -0.05) is 36.6 Å². The van der Waals surface area contributed by atoms with E-state index < -0.39 is 29.8 Å². The van der Waals surface area contributed by atoms with E-state index in [1.807, 2.05) is 6.07 Å². The zero-order chi connectivity index (χ0) is 26.5. The summed E-state index contributed by atoms with van der Waals surface area (Å²) in [5.74, 6) is -0.416. The number of urea groups is 1. The summed E-state index contributed by atoms with van der Waals surface area (Å²) in [6, 6.07) is 8.79. The van der Waals surface area contributed by atoms with Crippen molar-refractivity contribution in [3.8, 4) is 11.8 Å². The van der Waals surface area contributed by atoms with Crippen molar-refractivity contribution in [2.75, 3.05) is 11.9 Å². The molecule has 2 aromatic carbocycles. The second-order valence-electron chi connectivity index (χ2n) is 8.64. The fourth-order valence-electron chi connectivity index (χ4n) is 3.92. The predicted octanol–water partition coefficient (Wildman–Crippen LogP) is 3.87. The number of ether oxygens (including phenoxy) is 1. The summed E-state index contributed by atoms with van der Waals surface area (Å²) in [5, 5.41) is 17.1. The van der Waals surface area contributed by atoms with E-state index in [2.05, 4.69) is 16.0 Å². The maximum absolute atomic E-state index is 14.2. The lowest BCUT2D eigenvalue weighted by molar-refractivity contribution is -0.123. The Morgan fingerprint density at radius 3 is 2.76 bits per heavy atom. The largest absolute Gasteiger partial charge is 0.479 e. The number of hydrogen-bond donors (Lipinski definition) is 4. The van der Waals surface area contributed by atoms with Crippen LogP contribution < -0.4 is 26.4 Å². The maximum atomic E-state index is 14.2. The lowest BCUT2D eigenvalue weighted by Gasteiger charge is -2.19. The second-order valence-corrected chi connectivity index (χ2v) is 9.04. The lowest BCUT2D eigenvalue weighted by Crippen LogP contribution is -2.48. The number of halogens is 2. The molecule has 10 nitrogen and oxygen atoms in total. The van der Waals surface area contributed by atoms with E-state index in [-0.39, 0.29) is 29.4 Å². The average molecular weight is 527 g/mol. The van der Waals surface area contributed by atoms with Crippen molar-refractivity contribution in [1.82, 2.24) is 15.2 Å². The number of benzene rings is 2. The van der Waals surface area contributed by atoms with E-state index in [0.29, 0.717) is 29.0 Å². The number of hydrogen-bond acceptors (Lipinski definition) is 5. The molecule has 4 rings (SSSR count). The number of amides is 4. The first-order valence-electron chi connectivity index (χ1n) is 11.5. The minimum Gasteiger partial charge on any atom is -0.479 e. The van der Waals surface area contributed by atoms with Crippen LogP contribution >= 0.6 is 11.6 Å². The molecule has 1 aliphatic rings. The zero-order valence-electron chi connectivity index (χ0n) is 19.6. The fraction of sp³-hybridized carbons (Fsp3) is 0.280. The van der Waals surface area contributed by atoms with Gasteiger partial charge in [-0.2, -0.15) is 5.26 Å². The van der Waals surface area contributed by atoms with Crippen molar-refractivity contribution >= 4 is 46.2 Å². The van der Waals surface area contributed by atoms with Gasteiger partial charge >= 0.3 is 12.1 Å². The van der Waals surface area contributed by atoms with Crippen LogP contribution in [0.1, 0.15) is 24.8 Å². The van der Waals surface area contributed by atoms with Gasteiger partial charge in [-0.15, -0.1) is 0 Å². The molecular formula is C25H24ClFN6O4. The van der Waals surface area contributed by atoms with Crippen LogP contribution in [0, 0.1) is 23.1 Å². The number of carbonyl (C=O) groups excluding carboxylic acids is 3. The lowest BCUT2D eigenvalue weighted by atomic mass is 10.1. The standard InChI is InChI=1S/C25H24ClFN6O4/c26-18-3-1-2-15(22(18)27)12-30-23(34)19(10-14-4-5-14)31-25(36)32-20-13-33(24(29)35)21-7-6-16(11-17(20)21)37-9-8-28/h1-3,6-7,11,13-14,19H,4-5,9-10,12H2,(H2,29,35)(H,30,34)(H2,31,32,36)/t19-/m0/s1. The number of anilines is 1. The third kappa shape index (κ3) is 6.29. The van der Waals surface area contributed by atoms with Gasteiger partial charge < -0.3 is 26.4 Å². The van der Waals surface area contributed by atoms with Gasteiger partial charge in [0.1, 0.15) is 23.7 Å². The molecule has 1 aliphatic carbocycles. The van der Waals surface area contributed by atoms with Crippen molar-refractivity contribution in [1.29, 1.82) is 5.26 Å². The number of nitriles is 1. The number of carbonyl (C=O) groups is 3.